The molecule has 0 bridgehead atoms. The molecule has 2 aromatic carbocycles. The van der Waals surface area contributed by atoms with Crippen LogP contribution in [0.25, 0.3) is 11.4 Å². The SMILES string of the molecule is CCOc1ccc(-c2noc(CN3N=NC4C(=O)N(c5ccc(F)cc5)C(=O)C43)n2)cc1OC. The van der Waals surface area contributed by atoms with Crippen molar-refractivity contribution in [2.45, 2.75) is 25.6 Å². The minimum absolute atomic E-state index is 0.0257. The molecule has 1 fully saturated rings. The second kappa shape index (κ2) is 8.54. The largest absolute Gasteiger partial charge is 0.493 e. The summed E-state index contributed by atoms with van der Waals surface area (Å²) < 4.78 is 29.5. The van der Waals surface area contributed by atoms with Gasteiger partial charge in [0.05, 0.1) is 19.4 Å². The van der Waals surface area contributed by atoms with Gasteiger partial charge < -0.3 is 14.0 Å². The molecule has 2 aliphatic heterocycles. The summed E-state index contributed by atoms with van der Waals surface area (Å²) in [5.74, 6) is 0.104. The van der Waals surface area contributed by atoms with Crippen LogP contribution in [-0.2, 0) is 16.1 Å². The van der Waals surface area contributed by atoms with Crippen molar-refractivity contribution in [3.05, 3.63) is 54.2 Å². The van der Waals surface area contributed by atoms with Gasteiger partial charge >= 0.3 is 0 Å². The maximum absolute atomic E-state index is 13.3. The summed E-state index contributed by atoms with van der Waals surface area (Å²) in [6.45, 7) is 2.34. The number of benzene rings is 2. The number of fused-ring (bicyclic) bond motifs is 1. The number of imide groups is 1. The van der Waals surface area contributed by atoms with Crippen molar-refractivity contribution >= 4 is 17.5 Å². The van der Waals surface area contributed by atoms with Crippen LogP contribution in [0.15, 0.2) is 57.3 Å². The van der Waals surface area contributed by atoms with E-state index in [1.54, 1.807) is 18.2 Å². The molecule has 0 saturated carbocycles. The van der Waals surface area contributed by atoms with Crippen molar-refractivity contribution in [1.82, 2.24) is 15.1 Å². The van der Waals surface area contributed by atoms with Gasteiger partial charge in [-0.05, 0) is 49.4 Å². The topological polar surface area (TPSA) is 123 Å². The summed E-state index contributed by atoms with van der Waals surface area (Å²) in [6, 6.07) is 8.40. The van der Waals surface area contributed by atoms with Gasteiger partial charge in [-0.15, -0.1) is 0 Å². The predicted octanol–water partition coefficient (Wildman–Crippen LogP) is 2.78. The molecule has 2 amide bonds. The molecule has 5 rings (SSSR count). The highest BCUT2D eigenvalue weighted by Crippen LogP contribution is 2.34. The number of aromatic nitrogens is 2. The third-order valence-corrected chi connectivity index (χ3v) is 5.43. The number of carbonyl (C=O) groups is 2. The summed E-state index contributed by atoms with van der Waals surface area (Å²) in [5, 5.41) is 13.3. The fourth-order valence-corrected chi connectivity index (χ4v) is 3.85. The lowest BCUT2D eigenvalue weighted by atomic mass is 10.1. The van der Waals surface area contributed by atoms with E-state index in [9.17, 15) is 14.0 Å². The summed E-state index contributed by atoms with van der Waals surface area (Å²) in [6.07, 6.45) is 0. The molecule has 11 nitrogen and oxygen atoms in total. The smallest absolute Gasteiger partial charge is 0.263 e. The lowest BCUT2D eigenvalue weighted by Gasteiger charge is -2.19. The van der Waals surface area contributed by atoms with E-state index in [1.165, 1.54) is 36.4 Å². The van der Waals surface area contributed by atoms with Crippen molar-refractivity contribution < 1.29 is 28.0 Å². The second-order valence-corrected chi connectivity index (χ2v) is 7.49. The van der Waals surface area contributed by atoms with E-state index < -0.39 is 29.7 Å². The minimum Gasteiger partial charge on any atom is -0.493 e. The molecule has 3 aromatic rings. The van der Waals surface area contributed by atoms with Gasteiger partial charge in [-0.25, -0.2) is 9.29 Å². The van der Waals surface area contributed by atoms with Crippen LogP contribution in [-0.4, -0.2) is 52.8 Å². The Morgan fingerprint density at radius 1 is 1.09 bits per heavy atom. The van der Waals surface area contributed by atoms with Crippen molar-refractivity contribution in [3.8, 4) is 22.9 Å². The number of methoxy groups -OCH3 is 1. The molecule has 12 heteroatoms. The van der Waals surface area contributed by atoms with Gasteiger partial charge in [0.25, 0.3) is 11.8 Å². The lowest BCUT2D eigenvalue weighted by Crippen LogP contribution is -2.39. The van der Waals surface area contributed by atoms with Gasteiger partial charge in [-0.2, -0.15) is 10.1 Å². The third-order valence-electron chi connectivity index (χ3n) is 5.43. The molecule has 1 aromatic heterocycles. The fourth-order valence-electron chi connectivity index (χ4n) is 3.85. The number of amides is 2. The van der Waals surface area contributed by atoms with Gasteiger partial charge in [-0.3, -0.25) is 14.6 Å². The average Bonchev–Trinajstić information content (AvgIpc) is 3.53. The standard InChI is InChI=1S/C22H19FN6O5/c1-3-33-15-9-4-12(10-16(15)32-2)20-24-17(34-26-20)11-28-19-18(25-27-28)21(30)29(22(19)31)14-7-5-13(23)6-8-14/h4-10,18-19H,3,11H2,1-2H3. The highest BCUT2D eigenvalue weighted by molar-refractivity contribution is 6.25. The number of hydrogen-bond acceptors (Lipinski definition) is 10. The lowest BCUT2D eigenvalue weighted by molar-refractivity contribution is -0.123. The Balaban J connectivity index is 1.34. The molecule has 174 valence electrons. The van der Waals surface area contributed by atoms with Crippen molar-refractivity contribution in [2.24, 2.45) is 10.3 Å². The van der Waals surface area contributed by atoms with Gasteiger partial charge in [0.15, 0.2) is 23.6 Å². The van der Waals surface area contributed by atoms with E-state index in [2.05, 4.69) is 20.5 Å². The third kappa shape index (κ3) is 3.62. The molecular weight excluding hydrogens is 447 g/mol. The Morgan fingerprint density at radius 3 is 2.62 bits per heavy atom. The monoisotopic (exact) mass is 466 g/mol. The zero-order valence-electron chi connectivity index (χ0n) is 18.2. The van der Waals surface area contributed by atoms with Crippen LogP contribution in [0.2, 0.25) is 0 Å². The van der Waals surface area contributed by atoms with Gasteiger partial charge in [-0.1, -0.05) is 10.4 Å². The number of halogens is 1. The minimum atomic E-state index is -0.990. The number of hydrogen-bond donors (Lipinski definition) is 0. The van der Waals surface area contributed by atoms with E-state index in [4.69, 9.17) is 14.0 Å². The van der Waals surface area contributed by atoms with E-state index in [-0.39, 0.29) is 18.1 Å². The number of carbonyl (C=O) groups excluding carboxylic acids is 2. The van der Waals surface area contributed by atoms with E-state index in [0.717, 1.165) is 4.90 Å². The number of ether oxygens (including phenoxy) is 2. The first-order chi connectivity index (χ1) is 16.5. The number of anilines is 1. The van der Waals surface area contributed by atoms with Crippen LogP contribution in [0.5, 0.6) is 11.5 Å². The van der Waals surface area contributed by atoms with E-state index >= 15 is 0 Å². The van der Waals surface area contributed by atoms with Crippen LogP contribution in [0.4, 0.5) is 10.1 Å². The van der Waals surface area contributed by atoms with E-state index in [0.29, 0.717) is 29.5 Å². The molecule has 0 N–H and O–H groups in total. The average molecular weight is 466 g/mol. The maximum atomic E-state index is 13.3. The zero-order chi connectivity index (χ0) is 23.8. The normalized spacial score (nSPS) is 19.1. The molecule has 2 atom stereocenters. The summed E-state index contributed by atoms with van der Waals surface area (Å²) in [4.78, 5) is 31.1. The van der Waals surface area contributed by atoms with Crippen LogP contribution < -0.4 is 14.4 Å². The molecule has 0 aliphatic carbocycles. The first-order valence-electron chi connectivity index (χ1n) is 10.4. The first-order valence-corrected chi connectivity index (χ1v) is 10.4. The summed E-state index contributed by atoms with van der Waals surface area (Å²) in [5.41, 5.74) is 0.913. The molecule has 2 aliphatic rings. The van der Waals surface area contributed by atoms with Crippen LogP contribution >= 0.6 is 0 Å². The fraction of sp³-hybridized carbons (Fsp3) is 0.273. The molecule has 3 heterocycles. The van der Waals surface area contributed by atoms with E-state index in [1.807, 2.05) is 6.92 Å². The number of rotatable bonds is 7. The van der Waals surface area contributed by atoms with Gasteiger partial charge in [0.2, 0.25) is 11.7 Å². The highest BCUT2D eigenvalue weighted by Gasteiger charge is 2.55. The van der Waals surface area contributed by atoms with Gasteiger partial charge in [0, 0.05) is 5.56 Å². The highest BCUT2D eigenvalue weighted by atomic mass is 19.1. The predicted molar refractivity (Wildman–Crippen MR) is 114 cm³/mol. The van der Waals surface area contributed by atoms with Crippen LogP contribution in [0.1, 0.15) is 12.8 Å². The first kappa shape index (κ1) is 21.5. The van der Waals surface area contributed by atoms with Crippen molar-refractivity contribution in [2.75, 3.05) is 18.6 Å². The Kier molecular flexibility index (Phi) is 5.40. The Bertz CT molecular complexity index is 1280. The molecular formula is C22H19FN6O5. The van der Waals surface area contributed by atoms with Crippen molar-refractivity contribution in [1.29, 1.82) is 0 Å². The molecule has 34 heavy (non-hydrogen) atoms. The van der Waals surface area contributed by atoms with Crippen LogP contribution in [0, 0.1) is 5.82 Å². The Hall–Kier alpha value is -4.35. The maximum Gasteiger partial charge on any atom is 0.263 e. The quantitative estimate of drug-likeness (QED) is 0.487. The molecule has 1 saturated heterocycles. The Morgan fingerprint density at radius 2 is 1.88 bits per heavy atom. The van der Waals surface area contributed by atoms with Crippen LogP contribution in [0.3, 0.4) is 0 Å². The molecule has 0 spiro atoms. The second-order valence-electron chi connectivity index (χ2n) is 7.49. The summed E-state index contributed by atoms with van der Waals surface area (Å²) >= 11 is 0. The zero-order valence-corrected chi connectivity index (χ0v) is 18.2. The molecule has 0 radical (unpaired) electrons. The Labute approximate surface area is 192 Å². The van der Waals surface area contributed by atoms with Crippen molar-refractivity contribution in [3.63, 3.8) is 0 Å². The summed E-state index contributed by atoms with van der Waals surface area (Å²) in [7, 11) is 1.53. The number of nitrogens with zero attached hydrogens (tertiary/aromatic N) is 6. The van der Waals surface area contributed by atoms with Gasteiger partial charge in [0.1, 0.15) is 12.4 Å². The molecule has 2 unspecified atom stereocenters.